The lowest BCUT2D eigenvalue weighted by molar-refractivity contribution is -0.111. The van der Waals surface area contributed by atoms with Crippen LogP contribution in [0.3, 0.4) is 0 Å². The van der Waals surface area contributed by atoms with E-state index in [4.69, 9.17) is 0 Å². The van der Waals surface area contributed by atoms with Gasteiger partial charge in [0.2, 0.25) is 0 Å². The van der Waals surface area contributed by atoms with Crippen molar-refractivity contribution in [3.8, 4) is 0 Å². The maximum atomic E-state index is 12.2. The maximum absolute atomic E-state index is 12.2. The lowest BCUT2D eigenvalue weighted by Crippen LogP contribution is -2.38. The van der Waals surface area contributed by atoms with Gasteiger partial charge in [-0.05, 0) is 6.42 Å². The normalized spacial score (nSPS) is 18.0. The predicted molar refractivity (Wildman–Crippen MR) is 30.7 cm³/mol. The lowest BCUT2D eigenvalue weighted by atomic mass is 10.1. The topological polar surface area (TPSA) is 0 Å². The summed E-state index contributed by atoms with van der Waals surface area (Å²) in [6.07, 6.45) is -6.12. The van der Waals surface area contributed by atoms with Crippen LogP contribution in [-0.4, -0.2) is 24.9 Å². The monoisotopic (exact) mass is 175 g/mol. The summed E-state index contributed by atoms with van der Waals surface area (Å²) in [4.78, 5) is 0. The van der Waals surface area contributed by atoms with Crippen LogP contribution in [0.25, 0.3) is 0 Å². The molecular formula is C6H8F5. The highest BCUT2D eigenvalue weighted by atomic mass is 19.3. The largest absolute Gasteiger partial charge is 0.309 e. The van der Waals surface area contributed by atoms with E-state index in [-0.39, 0.29) is 0 Å². The lowest BCUT2D eigenvalue weighted by Gasteiger charge is -2.19. The van der Waals surface area contributed by atoms with Crippen LogP contribution in [-0.2, 0) is 0 Å². The Morgan fingerprint density at radius 1 is 1.27 bits per heavy atom. The molecule has 0 saturated heterocycles. The molecule has 1 radical (unpaired) electrons. The number of hydrogen-bond acceptors (Lipinski definition) is 0. The van der Waals surface area contributed by atoms with Gasteiger partial charge >= 0.3 is 5.92 Å². The van der Waals surface area contributed by atoms with Crippen LogP contribution >= 0.6 is 0 Å². The van der Waals surface area contributed by atoms with E-state index < -0.39 is 31.4 Å². The summed E-state index contributed by atoms with van der Waals surface area (Å²) in [5.74, 6) is -4.23. The average Bonchev–Trinajstić information content (AvgIpc) is 2.01. The zero-order valence-corrected chi connectivity index (χ0v) is 5.67. The Morgan fingerprint density at radius 3 is 2.00 bits per heavy atom. The third-order valence-corrected chi connectivity index (χ3v) is 1.17. The van der Waals surface area contributed by atoms with E-state index >= 15 is 0 Å². The SMILES string of the molecule is [CH2]CC(F)[C@H](F)C(F)(F)CF. The molecule has 0 aromatic heterocycles. The van der Waals surface area contributed by atoms with Crippen LogP contribution in [0.4, 0.5) is 22.0 Å². The molecule has 11 heavy (non-hydrogen) atoms. The molecule has 0 spiro atoms. The molecule has 0 nitrogen and oxygen atoms in total. The number of halogens is 5. The van der Waals surface area contributed by atoms with E-state index in [0.29, 0.717) is 0 Å². The van der Waals surface area contributed by atoms with Crippen LogP contribution in [0, 0.1) is 6.92 Å². The minimum Gasteiger partial charge on any atom is -0.244 e. The summed E-state index contributed by atoms with van der Waals surface area (Å²) in [5.41, 5.74) is 0. The van der Waals surface area contributed by atoms with E-state index in [0.717, 1.165) is 0 Å². The first-order valence-electron chi connectivity index (χ1n) is 2.97. The standard InChI is InChI=1S/C6H8F5/c1-2-4(8)5(9)6(10,11)3-7/h4-5H,1-3H2/t4?,5-/m0/s1. The quantitative estimate of drug-likeness (QED) is 0.576. The summed E-state index contributed by atoms with van der Waals surface area (Å²) in [6, 6.07) is 0. The van der Waals surface area contributed by atoms with Gasteiger partial charge < -0.3 is 0 Å². The van der Waals surface area contributed by atoms with Crippen LogP contribution in [0.15, 0.2) is 0 Å². The van der Waals surface area contributed by atoms with Gasteiger partial charge in [0.25, 0.3) is 0 Å². The van der Waals surface area contributed by atoms with Crippen molar-refractivity contribution >= 4 is 0 Å². The van der Waals surface area contributed by atoms with Crippen molar-refractivity contribution in [2.24, 2.45) is 0 Å². The minimum absolute atomic E-state index is 0.628. The maximum Gasteiger partial charge on any atom is 0.309 e. The molecule has 0 amide bonds. The Morgan fingerprint density at radius 2 is 1.73 bits per heavy atom. The predicted octanol–water partition coefficient (Wildman–Crippen LogP) is 2.49. The van der Waals surface area contributed by atoms with Crippen LogP contribution in [0.5, 0.6) is 0 Å². The van der Waals surface area contributed by atoms with E-state index in [1.165, 1.54) is 0 Å². The first kappa shape index (κ1) is 10.7. The Labute approximate surface area is 61.4 Å². The summed E-state index contributed by atoms with van der Waals surface area (Å²) >= 11 is 0. The Bertz CT molecular complexity index is 114. The zero-order chi connectivity index (χ0) is 9.07. The second-order valence-electron chi connectivity index (χ2n) is 2.10. The van der Waals surface area contributed by atoms with Crippen LogP contribution in [0.1, 0.15) is 6.42 Å². The van der Waals surface area contributed by atoms with E-state index in [1.54, 1.807) is 0 Å². The fourth-order valence-electron chi connectivity index (χ4n) is 0.485. The second kappa shape index (κ2) is 3.88. The molecule has 0 fully saturated rings. The fraction of sp³-hybridized carbons (Fsp3) is 0.833. The fourth-order valence-corrected chi connectivity index (χ4v) is 0.485. The number of rotatable bonds is 4. The van der Waals surface area contributed by atoms with E-state index in [2.05, 4.69) is 6.92 Å². The van der Waals surface area contributed by atoms with Gasteiger partial charge in [0, 0.05) is 0 Å². The summed E-state index contributed by atoms with van der Waals surface area (Å²) in [6.45, 7) is 0.698. The minimum atomic E-state index is -4.23. The highest BCUT2D eigenvalue weighted by molar-refractivity contribution is 4.83. The van der Waals surface area contributed by atoms with Crippen LogP contribution < -0.4 is 0 Å². The molecule has 0 rings (SSSR count). The number of alkyl halides is 5. The highest BCUT2D eigenvalue weighted by Crippen LogP contribution is 2.27. The highest BCUT2D eigenvalue weighted by Gasteiger charge is 2.44. The van der Waals surface area contributed by atoms with Crippen molar-refractivity contribution in [3.63, 3.8) is 0 Å². The molecule has 2 atom stereocenters. The van der Waals surface area contributed by atoms with Gasteiger partial charge in [0.05, 0.1) is 0 Å². The van der Waals surface area contributed by atoms with Gasteiger partial charge in [-0.2, -0.15) is 0 Å². The molecule has 0 aromatic rings. The third kappa shape index (κ3) is 2.63. The Kier molecular flexibility index (Phi) is 3.75. The first-order valence-corrected chi connectivity index (χ1v) is 2.97. The third-order valence-electron chi connectivity index (χ3n) is 1.17. The summed E-state index contributed by atoms with van der Waals surface area (Å²) in [7, 11) is 0. The van der Waals surface area contributed by atoms with Crippen molar-refractivity contribution < 1.29 is 22.0 Å². The summed E-state index contributed by atoms with van der Waals surface area (Å²) in [5, 5.41) is 0. The first-order chi connectivity index (χ1) is 4.95. The second-order valence-corrected chi connectivity index (χ2v) is 2.10. The number of hydrogen-bond donors (Lipinski definition) is 0. The van der Waals surface area contributed by atoms with Gasteiger partial charge in [0.15, 0.2) is 12.8 Å². The average molecular weight is 175 g/mol. The van der Waals surface area contributed by atoms with Gasteiger partial charge in [-0.25, -0.2) is 22.0 Å². The van der Waals surface area contributed by atoms with Crippen molar-refractivity contribution in [2.45, 2.75) is 24.7 Å². The zero-order valence-electron chi connectivity index (χ0n) is 5.67. The molecule has 0 bridgehead atoms. The molecule has 0 aromatic carbocycles. The van der Waals surface area contributed by atoms with Gasteiger partial charge in [-0.15, -0.1) is 0 Å². The molecule has 0 N–H and O–H groups in total. The van der Waals surface area contributed by atoms with Crippen molar-refractivity contribution in [2.75, 3.05) is 6.67 Å². The van der Waals surface area contributed by atoms with Crippen LogP contribution in [0.2, 0.25) is 0 Å². The molecule has 0 aliphatic carbocycles. The Hall–Kier alpha value is -0.350. The van der Waals surface area contributed by atoms with Gasteiger partial charge in [-0.3, -0.25) is 0 Å². The van der Waals surface area contributed by atoms with Crippen molar-refractivity contribution in [1.82, 2.24) is 0 Å². The molecule has 0 saturated carbocycles. The molecule has 5 heteroatoms. The molecule has 0 aliphatic rings. The summed E-state index contributed by atoms with van der Waals surface area (Å²) < 4.78 is 59.6. The van der Waals surface area contributed by atoms with Gasteiger partial charge in [-0.1, -0.05) is 6.92 Å². The molecule has 0 aliphatic heterocycles. The smallest absolute Gasteiger partial charge is 0.244 e. The van der Waals surface area contributed by atoms with Crippen molar-refractivity contribution in [3.05, 3.63) is 6.92 Å². The molecule has 1 unspecified atom stereocenters. The van der Waals surface area contributed by atoms with E-state index in [9.17, 15) is 22.0 Å². The molecule has 67 valence electrons. The molecular weight excluding hydrogens is 167 g/mol. The Balaban J connectivity index is 4.10. The molecule has 0 heterocycles. The van der Waals surface area contributed by atoms with Gasteiger partial charge in [0.1, 0.15) is 6.17 Å². The van der Waals surface area contributed by atoms with E-state index in [1.807, 2.05) is 0 Å². The van der Waals surface area contributed by atoms with Crippen molar-refractivity contribution in [1.29, 1.82) is 0 Å².